The molecule has 2 rings (SSSR count). The van der Waals surface area contributed by atoms with Crippen LogP contribution in [0.3, 0.4) is 0 Å². The lowest BCUT2D eigenvalue weighted by Crippen LogP contribution is -2.34. The maximum Gasteiger partial charge on any atom is 0.239 e. The van der Waals surface area contributed by atoms with E-state index in [0.29, 0.717) is 29.9 Å². The van der Waals surface area contributed by atoms with Gasteiger partial charge >= 0.3 is 0 Å². The zero-order valence-corrected chi connectivity index (χ0v) is 12.0. The van der Waals surface area contributed by atoms with Crippen LogP contribution in [-0.4, -0.2) is 30.1 Å². The number of pyridine rings is 1. The van der Waals surface area contributed by atoms with E-state index >= 15 is 0 Å². The molecule has 4 N–H and O–H groups in total. The molecule has 1 aliphatic carbocycles. The van der Waals surface area contributed by atoms with Crippen molar-refractivity contribution in [3.05, 3.63) is 12.1 Å². The van der Waals surface area contributed by atoms with E-state index in [4.69, 9.17) is 10.5 Å². The highest BCUT2D eigenvalue weighted by Crippen LogP contribution is 2.30. The fraction of sp³-hybridized carbons (Fsp3) is 0.571. The van der Waals surface area contributed by atoms with Crippen molar-refractivity contribution in [3.8, 4) is 5.88 Å². The van der Waals surface area contributed by atoms with Gasteiger partial charge < -0.3 is 21.1 Å². The first-order valence-corrected chi connectivity index (χ1v) is 6.97. The Morgan fingerprint density at radius 2 is 2.25 bits per heavy atom. The van der Waals surface area contributed by atoms with Crippen molar-refractivity contribution < 1.29 is 9.53 Å². The lowest BCUT2D eigenvalue weighted by atomic mass is 10.3. The molecule has 0 aliphatic heterocycles. The molecule has 1 aromatic rings. The van der Waals surface area contributed by atoms with Gasteiger partial charge in [0.15, 0.2) is 0 Å². The van der Waals surface area contributed by atoms with Crippen LogP contribution in [0.2, 0.25) is 0 Å². The molecular formula is C14H22N4O2. The lowest BCUT2D eigenvalue weighted by molar-refractivity contribution is -0.119. The molecule has 0 radical (unpaired) electrons. The van der Waals surface area contributed by atoms with Crippen molar-refractivity contribution in [2.75, 3.05) is 24.2 Å². The van der Waals surface area contributed by atoms with E-state index in [-0.39, 0.29) is 18.5 Å². The molecule has 1 saturated carbocycles. The normalized spacial score (nSPS) is 14.2. The lowest BCUT2D eigenvalue weighted by Gasteiger charge is -2.12. The van der Waals surface area contributed by atoms with Crippen molar-refractivity contribution >= 4 is 17.4 Å². The van der Waals surface area contributed by atoms with Gasteiger partial charge in [0.05, 0.1) is 18.8 Å². The van der Waals surface area contributed by atoms with Crippen LogP contribution in [0.1, 0.15) is 26.7 Å². The summed E-state index contributed by atoms with van der Waals surface area (Å²) in [6.07, 6.45) is 2.43. The Balaban J connectivity index is 1.87. The molecule has 1 amide bonds. The fourth-order valence-corrected chi connectivity index (χ4v) is 1.69. The van der Waals surface area contributed by atoms with E-state index in [1.165, 1.54) is 12.8 Å². The number of amides is 1. The molecule has 0 spiro atoms. The van der Waals surface area contributed by atoms with Gasteiger partial charge in [0, 0.05) is 6.04 Å². The first kappa shape index (κ1) is 14.4. The summed E-state index contributed by atoms with van der Waals surface area (Å²) < 4.78 is 5.60. The quantitative estimate of drug-likeness (QED) is 0.701. The smallest absolute Gasteiger partial charge is 0.239 e. The SMILES string of the molecule is CC(C)NC(=O)CNc1ccc(N)c(OCC2CC2)n1. The largest absolute Gasteiger partial charge is 0.476 e. The first-order chi connectivity index (χ1) is 9.54. The van der Waals surface area contributed by atoms with E-state index in [0.717, 1.165) is 0 Å². The molecule has 0 bridgehead atoms. The van der Waals surface area contributed by atoms with Crippen LogP contribution in [0.5, 0.6) is 5.88 Å². The average molecular weight is 278 g/mol. The van der Waals surface area contributed by atoms with E-state index in [1.54, 1.807) is 12.1 Å². The van der Waals surface area contributed by atoms with Crippen LogP contribution >= 0.6 is 0 Å². The van der Waals surface area contributed by atoms with Crippen LogP contribution in [0.25, 0.3) is 0 Å². The topological polar surface area (TPSA) is 89.3 Å². The van der Waals surface area contributed by atoms with Crippen LogP contribution in [0.4, 0.5) is 11.5 Å². The third-order valence-electron chi connectivity index (χ3n) is 2.92. The number of ether oxygens (including phenoxy) is 1. The van der Waals surface area contributed by atoms with Gasteiger partial charge in [-0.15, -0.1) is 0 Å². The number of nitrogens with two attached hydrogens (primary N) is 1. The van der Waals surface area contributed by atoms with Crippen LogP contribution in [0.15, 0.2) is 12.1 Å². The molecule has 1 heterocycles. The predicted molar refractivity (Wildman–Crippen MR) is 78.6 cm³/mol. The van der Waals surface area contributed by atoms with Crippen molar-refractivity contribution in [1.82, 2.24) is 10.3 Å². The van der Waals surface area contributed by atoms with Gasteiger partial charge in [-0.05, 0) is 44.7 Å². The van der Waals surface area contributed by atoms with Gasteiger partial charge in [-0.3, -0.25) is 4.79 Å². The van der Waals surface area contributed by atoms with Crippen molar-refractivity contribution in [2.45, 2.75) is 32.7 Å². The third-order valence-corrected chi connectivity index (χ3v) is 2.92. The summed E-state index contributed by atoms with van der Waals surface area (Å²) in [7, 11) is 0. The molecule has 0 saturated heterocycles. The predicted octanol–water partition coefficient (Wildman–Crippen LogP) is 1.39. The van der Waals surface area contributed by atoms with E-state index in [2.05, 4.69) is 15.6 Å². The Kier molecular flexibility index (Phi) is 4.65. The number of carbonyl (C=O) groups is 1. The molecule has 1 fully saturated rings. The zero-order chi connectivity index (χ0) is 14.5. The van der Waals surface area contributed by atoms with E-state index in [9.17, 15) is 4.79 Å². The standard InChI is InChI=1S/C14H22N4O2/c1-9(2)17-13(19)7-16-12-6-5-11(15)14(18-12)20-8-10-3-4-10/h5-6,9-10H,3-4,7-8,15H2,1-2H3,(H,16,18)(H,17,19). The highest BCUT2D eigenvalue weighted by atomic mass is 16.5. The first-order valence-electron chi connectivity index (χ1n) is 6.97. The second-order valence-corrected chi connectivity index (χ2v) is 5.42. The van der Waals surface area contributed by atoms with Crippen molar-refractivity contribution in [3.63, 3.8) is 0 Å². The van der Waals surface area contributed by atoms with Gasteiger partial charge in [0.2, 0.25) is 11.8 Å². The molecule has 0 aromatic carbocycles. The maximum atomic E-state index is 11.5. The van der Waals surface area contributed by atoms with E-state index < -0.39 is 0 Å². The Morgan fingerprint density at radius 3 is 2.90 bits per heavy atom. The van der Waals surface area contributed by atoms with Gasteiger partial charge in [0.1, 0.15) is 5.82 Å². The summed E-state index contributed by atoms with van der Waals surface area (Å²) in [5.41, 5.74) is 6.34. The molecule has 6 heteroatoms. The monoisotopic (exact) mass is 278 g/mol. The molecule has 0 atom stereocenters. The number of anilines is 2. The summed E-state index contributed by atoms with van der Waals surface area (Å²) >= 11 is 0. The number of hydrogen-bond acceptors (Lipinski definition) is 5. The number of aromatic nitrogens is 1. The van der Waals surface area contributed by atoms with Gasteiger partial charge in [0.25, 0.3) is 0 Å². The average Bonchev–Trinajstić information content (AvgIpc) is 3.19. The Bertz CT molecular complexity index is 472. The molecule has 0 unspecified atom stereocenters. The minimum Gasteiger partial charge on any atom is -0.476 e. The Labute approximate surface area is 119 Å². The highest BCUT2D eigenvalue weighted by Gasteiger charge is 2.22. The Hall–Kier alpha value is -1.98. The number of rotatable bonds is 7. The minimum absolute atomic E-state index is 0.0703. The summed E-state index contributed by atoms with van der Waals surface area (Å²) in [5.74, 6) is 1.60. The second kappa shape index (κ2) is 6.45. The van der Waals surface area contributed by atoms with Gasteiger partial charge in [-0.2, -0.15) is 4.98 Å². The maximum absolute atomic E-state index is 11.5. The molecule has 1 aromatic heterocycles. The molecule has 20 heavy (non-hydrogen) atoms. The van der Waals surface area contributed by atoms with Crippen LogP contribution < -0.4 is 21.1 Å². The fourth-order valence-electron chi connectivity index (χ4n) is 1.69. The van der Waals surface area contributed by atoms with Crippen LogP contribution in [0, 0.1) is 5.92 Å². The molecule has 1 aliphatic rings. The number of hydrogen-bond donors (Lipinski definition) is 3. The number of carbonyl (C=O) groups excluding carboxylic acids is 1. The van der Waals surface area contributed by atoms with E-state index in [1.807, 2.05) is 13.8 Å². The highest BCUT2D eigenvalue weighted by molar-refractivity contribution is 5.80. The minimum atomic E-state index is -0.0703. The molecule has 6 nitrogen and oxygen atoms in total. The summed E-state index contributed by atoms with van der Waals surface area (Å²) in [5, 5.41) is 5.76. The van der Waals surface area contributed by atoms with Gasteiger partial charge in [-0.25, -0.2) is 0 Å². The Morgan fingerprint density at radius 1 is 1.50 bits per heavy atom. The summed E-state index contributed by atoms with van der Waals surface area (Å²) in [6, 6.07) is 3.60. The number of nitrogens with one attached hydrogen (secondary N) is 2. The van der Waals surface area contributed by atoms with Gasteiger partial charge in [-0.1, -0.05) is 0 Å². The number of nitrogens with zero attached hydrogens (tertiary/aromatic N) is 1. The van der Waals surface area contributed by atoms with Crippen LogP contribution in [-0.2, 0) is 4.79 Å². The second-order valence-electron chi connectivity index (χ2n) is 5.42. The van der Waals surface area contributed by atoms with Crippen molar-refractivity contribution in [1.29, 1.82) is 0 Å². The summed E-state index contributed by atoms with van der Waals surface area (Å²) in [4.78, 5) is 15.8. The van der Waals surface area contributed by atoms with Crippen molar-refractivity contribution in [2.24, 2.45) is 5.92 Å². The zero-order valence-electron chi connectivity index (χ0n) is 12.0. The molecular weight excluding hydrogens is 256 g/mol. The third kappa shape index (κ3) is 4.60. The number of nitrogen functional groups attached to an aromatic ring is 1. The molecule has 110 valence electrons. The summed E-state index contributed by atoms with van der Waals surface area (Å²) in [6.45, 7) is 4.68.